The Morgan fingerprint density at radius 1 is 0.708 bits per heavy atom. The molecule has 1 N–H and O–H groups in total. The number of aliphatic hydroxyl groups excluding tert-OH is 1. The summed E-state index contributed by atoms with van der Waals surface area (Å²) in [6.45, 7) is 2.12. The quantitative estimate of drug-likeness (QED) is 0.553. The van der Waals surface area contributed by atoms with Crippen molar-refractivity contribution in [3.8, 4) is 0 Å². The van der Waals surface area contributed by atoms with Crippen molar-refractivity contribution in [3.63, 3.8) is 0 Å². The molecule has 1 nitrogen and oxygen atoms in total. The summed E-state index contributed by atoms with van der Waals surface area (Å²) in [5.41, 5.74) is 0. The van der Waals surface area contributed by atoms with Crippen LogP contribution in [0.2, 0.25) is 0 Å². The number of hydrogen-bond acceptors (Lipinski definition) is 1. The molecule has 0 radical (unpaired) electrons. The lowest BCUT2D eigenvalue weighted by molar-refractivity contribution is -0.270. The number of halogens is 4. The minimum atomic E-state index is -3.90. The number of alkyl halides is 4. The molecule has 0 aromatic heterocycles. The van der Waals surface area contributed by atoms with Crippen molar-refractivity contribution in [2.45, 2.75) is 89.4 Å². The molecule has 0 aliphatic heterocycles. The zero-order valence-electron chi connectivity index (χ0n) is 14.8. The van der Waals surface area contributed by atoms with Crippen LogP contribution in [0, 0.1) is 23.7 Å². The topological polar surface area (TPSA) is 20.2 Å². The number of aliphatic hydroxyl groups is 1. The van der Waals surface area contributed by atoms with Crippen molar-refractivity contribution >= 4 is 0 Å². The Hall–Kier alpha value is -0.320. The SMILES string of the molecule is CCCC1CCC(C(F)(F)C(F)(F)C2CCC(CCO)CC2)CC1. The molecule has 0 bridgehead atoms. The summed E-state index contributed by atoms with van der Waals surface area (Å²) in [4.78, 5) is 0. The van der Waals surface area contributed by atoms with E-state index in [0.717, 1.165) is 12.8 Å². The van der Waals surface area contributed by atoms with E-state index >= 15 is 0 Å². The molecule has 2 fully saturated rings. The minimum Gasteiger partial charge on any atom is -0.396 e. The van der Waals surface area contributed by atoms with Gasteiger partial charge >= 0.3 is 11.8 Å². The van der Waals surface area contributed by atoms with E-state index in [1.807, 2.05) is 0 Å². The van der Waals surface area contributed by atoms with Gasteiger partial charge in [-0.05, 0) is 69.6 Å². The van der Waals surface area contributed by atoms with Gasteiger partial charge in [0.05, 0.1) is 0 Å². The molecule has 2 aliphatic carbocycles. The molecule has 0 unspecified atom stereocenters. The Kier molecular flexibility index (Phi) is 6.98. The first kappa shape index (κ1) is 20.0. The lowest BCUT2D eigenvalue weighted by Gasteiger charge is -2.42. The maximum absolute atomic E-state index is 14.6. The highest BCUT2D eigenvalue weighted by atomic mass is 19.3. The fourth-order valence-electron chi connectivity index (χ4n) is 4.76. The molecule has 5 heteroatoms. The highest BCUT2D eigenvalue weighted by Gasteiger charge is 2.64. The molecule has 24 heavy (non-hydrogen) atoms. The van der Waals surface area contributed by atoms with Gasteiger partial charge in [0, 0.05) is 18.4 Å². The molecule has 2 saturated carbocycles. The minimum absolute atomic E-state index is 0.0445. The molecular weight excluding hydrogens is 320 g/mol. The smallest absolute Gasteiger partial charge is 0.313 e. The monoisotopic (exact) mass is 352 g/mol. The fraction of sp³-hybridized carbons (Fsp3) is 1.00. The molecule has 0 amide bonds. The first-order valence-electron chi connectivity index (χ1n) is 9.69. The van der Waals surface area contributed by atoms with Crippen LogP contribution in [0.4, 0.5) is 17.6 Å². The maximum atomic E-state index is 14.6. The summed E-state index contributed by atoms with van der Waals surface area (Å²) in [5.74, 6) is -9.53. The molecule has 2 rings (SSSR count). The van der Waals surface area contributed by atoms with Crippen LogP contribution in [-0.4, -0.2) is 23.6 Å². The Balaban J connectivity index is 1.94. The summed E-state index contributed by atoms with van der Waals surface area (Å²) >= 11 is 0. The van der Waals surface area contributed by atoms with E-state index < -0.39 is 23.7 Å². The normalized spacial score (nSPS) is 32.8. The third-order valence-corrected chi connectivity index (χ3v) is 6.40. The number of hydrogen-bond donors (Lipinski definition) is 1. The summed E-state index contributed by atoms with van der Waals surface area (Å²) < 4.78 is 58.5. The van der Waals surface area contributed by atoms with E-state index in [-0.39, 0.29) is 38.2 Å². The van der Waals surface area contributed by atoms with Gasteiger partial charge in [0.25, 0.3) is 0 Å². The highest BCUT2D eigenvalue weighted by Crippen LogP contribution is 2.53. The molecule has 0 heterocycles. The van der Waals surface area contributed by atoms with Gasteiger partial charge in [-0.15, -0.1) is 0 Å². The third-order valence-electron chi connectivity index (χ3n) is 6.40. The first-order chi connectivity index (χ1) is 11.3. The average Bonchev–Trinajstić information content (AvgIpc) is 2.56. The van der Waals surface area contributed by atoms with Gasteiger partial charge in [-0.3, -0.25) is 0 Å². The zero-order chi connectivity index (χ0) is 17.8. The van der Waals surface area contributed by atoms with E-state index in [4.69, 9.17) is 5.11 Å². The van der Waals surface area contributed by atoms with E-state index in [2.05, 4.69) is 6.92 Å². The molecular formula is C19H32F4O. The predicted octanol–water partition coefficient (Wildman–Crippen LogP) is 6.05. The second-order valence-electron chi connectivity index (χ2n) is 7.98. The number of rotatable bonds is 7. The fourth-order valence-corrected chi connectivity index (χ4v) is 4.76. The van der Waals surface area contributed by atoms with Crippen LogP contribution in [0.3, 0.4) is 0 Å². The second kappa shape index (κ2) is 8.37. The van der Waals surface area contributed by atoms with Gasteiger partial charge in [-0.1, -0.05) is 19.8 Å². The molecule has 142 valence electrons. The van der Waals surface area contributed by atoms with Crippen LogP contribution in [-0.2, 0) is 0 Å². The Bertz CT molecular complexity index is 334. The highest BCUT2D eigenvalue weighted by molar-refractivity contribution is 4.97. The van der Waals surface area contributed by atoms with E-state index in [1.165, 1.54) is 0 Å². The summed E-state index contributed by atoms with van der Waals surface area (Å²) in [5, 5.41) is 8.94. The van der Waals surface area contributed by atoms with Crippen molar-refractivity contribution in [1.29, 1.82) is 0 Å². The Morgan fingerprint density at radius 2 is 1.08 bits per heavy atom. The van der Waals surface area contributed by atoms with Gasteiger partial charge in [0.1, 0.15) is 0 Å². The van der Waals surface area contributed by atoms with E-state index in [9.17, 15) is 17.6 Å². The molecule has 0 spiro atoms. The van der Waals surface area contributed by atoms with Gasteiger partial charge < -0.3 is 5.11 Å². The average molecular weight is 352 g/mol. The van der Waals surface area contributed by atoms with Crippen LogP contribution >= 0.6 is 0 Å². The van der Waals surface area contributed by atoms with Crippen molar-refractivity contribution in [3.05, 3.63) is 0 Å². The lowest BCUT2D eigenvalue weighted by Crippen LogP contribution is -2.52. The van der Waals surface area contributed by atoms with Crippen LogP contribution < -0.4 is 0 Å². The van der Waals surface area contributed by atoms with Crippen LogP contribution in [0.5, 0.6) is 0 Å². The Morgan fingerprint density at radius 3 is 1.42 bits per heavy atom. The first-order valence-corrected chi connectivity index (χ1v) is 9.69. The molecule has 0 atom stereocenters. The zero-order valence-corrected chi connectivity index (χ0v) is 14.8. The van der Waals surface area contributed by atoms with Gasteiger partial charge in [-0.2, -0.15) is 17.6 Å². The molecule has 2 aliphatic rings. The predicted molar refractivity (Wildman–Crippen MR) is 87.4 cm³/mol. The Labute approximate surface area is 143 Å². The van der Waals surface area contributed by atoms with E-state index in [0.29, 0.717) is 38.0 Å². The molecule has 0 aromatic carbocycles. The van der Waals surface area contributed by atoms with Crippen molar-refractivity contribution < 1.29 is 22.7 Å². The largest absolute Gasteiger partial charge is 0.396 e. The summed E-state index contributed by atoms with van der Waals surface area (Å²) in [6, 6.07) is 0. The maximum Gasteiger partial charge on any atom is 0.313 e. The second-order valence-corrected chi connectivity index (χ2v) is 7.98. The van der Waals surface area contributed by atoms with Crippen LogP contribution in [0.1, 0.15) is 77.6 Å². The lowest BCUT2D eigenvalue weighted by atomic mass is 9.71. The van der Waals surface area contributed by atoms with Crippen LogP contribution in [0.25, 0.3) is 0 Å². The van der Waals surface area contributed by atoms with Crippen molar-refractivity contribution in [2.75, 3.05) is 6.61 Å². The summed E-state index contributed by atoms with van der Waals surface area (Å²) in [6.07, 6.45) is 5.77. The summed E-state index contributed by atoms with van der Waals surface area (Å²) in [7, 11) is 0. The van der Waals surface area contributed by atoms with Gasteiger partial charge in [0.2, 0.25) is 0 Å². The van der Waals surface area contributed by atoms with Gasteiger partial charge in [-0.25, -0.2) is 0 Å². The third kappa shape index (κ3) is 4.25. The van der Waals surface area contributed by atoms with Crippen LogP contribution in [0.15, 0.2) is 0 Å². The van der Waals surface area contributed by atoms with Crippen molar-refractivity contribution in [1.82, 2.24) is 0 Å². The standard InChI is InChI=1S/C19H32F4O/c1-2-3-14-4-8-16(9-5-14)18(20,21)19(22,23)17-10-6-15(7-11-17)12-13-24/h14-17,24H,2-13H2,1H3. The van der Waals surface area contributed by atoms with Gasteiger partial charge in [0.15, 0.2) is 0 Å². The molecule has 0 saturated heterocycles. The van der Waals surface area contributed by atoms with Crippen molar-refractivity contribution in [2.24, 2.45) is 23.7 Å². The van der Waals surface area contributed by atoms with E-state index in [1.54, 1.807) is 0 Å². The molecule has 0 aromatic rings.